The van der Waals surface area contributed by atoms with Gasteiger partial charge in [-0.05, 0) is 75.7 Å². The molecule has 29 heavy (non-hydrogen) atoms. The molecule has 0 radical (unpaired) electrons. The molecule has 0 unspecified atom stereocenters. The van der Waals surface area contributed by atoms with Gasteiger partial charge in [0.1, 0.15) is 5.78 Å². The molecule has 0 bridgehead atoms. The second-order valence-corrected chi connectivity index (χ2v) is 8.35. The summed E-state index contributed by atoms with van der Waals surface area (Å²) >= 11 is 0. The minimum Gasteiger partial charge on any atom is -0.402 e. The molecule has 0 aliphatic carbocycles. The van der Waals surface area contributed by atoms with Crippen LogP contribution < -0.4 is 5.73 Å². The van der Waals surface area contributed by atoms with E-state index >= 15 is 0 Å². The molecule has 0 aliphatic rings. The van der Waals surface area contributed by atoms with Crippen molar-refractivity contribution in [2.45, 2.75) is 73.3 Å². The molecule has 1 aromatic carbocycles. The number of benzene rings is 1. The summed E-state index contributed by atoms with van der Waals surface area (Å²) in [6.07, 6.45) is 10.4. The average Bonchev–Trinajstić information content (AvgIpc) is 2.66. The molecule has 158 valence electrons. The van der Waals surface area contributed by atoms with Crippen LogP contribution in [0.3, 0.4) is 0 Å². The van der Waals surface area contributed by atoms with Crippen molar-refractivity contribution < 1.29 is 4.79 Å². The van der Waals surface area contributed by atoms with Gasteiger partial charge in [-0.3, -0.25) is 9.79 Å². The molecule has 0 saturated heterocycles. The summed E-state index contributed by atoms with van der Waals surface area (Å²) in [7, 11) is 0. The van der Waals surface area contributed by atoms with E-state index in [0.717, 1.165) is 49.1 Å². The Balaban J connectivity index is 2.90. The number of carbonyl (C=O) groups excluding carboxylic acids is 1. The first kappa shape index (κ1) is 24.6. The van der Waals surface area contributed by atoms with Gasteiger partial charge in [0.25, 0.3) is 0 Å². The van der Waals surface area contributed by atoms with Gasteiger partial charge in [-0.25, -0.2) is 0 Å². The van der Waals surface area contributed by atoms with Crippen molar-refractivity contribution in [3.8, 4) is 0 Å². The van der Waals surface area contributed by atoms with Gasteiger partial charge in [0, 0.05) is 11.1 Å². The summed E-state index contributed by atoms with van der Waals surface area (Å²) < 4.78 is 0. The fourth-order valence-electron chi connectivity index (χ4n) is 2.93. The molecule has 0 amide bonds. The Labute approximate surface area is 177 Å². The van der Waals surface area contributed by atoms with Crippen LogP contribution in [-0.2, 0) is 11.3 Å². The number of aryl methyl sites for hydroxylation is 1. The minimum absolute atomic E-state index is 0.220. The summed E-state index contributed by atoms with van der Waals surface area (Å²) in [6, 6.07) is 8.29. The molecule has 0 aromatic heterocycles. The fourth-order valence-corrected chi connectivity index (χ4v) is 2.93. The van der Waals surface area contributed by atoms with Gasteiger partial charge in [0.2, 0.25) is 0 Å². The SMILES string of the molecule is C=C(CC/C=C\C)C(C=C(N)CCCC(C)(C)C(C)=O)=NCc1ccccc1C. The van der Waals surface area contributed by atoms with Crippen molar-refractivity contribution in [1.82, 2.24) is 0 Å². The van der Waals surface area contributed by atoms with Crippen LogP contribution in [0, 0.1) is 12.3 Å². The first-order chi connectivity index (χ1) is 13.7. The first-order valence-electron chi connectivity index (χ1n) is 10.5. The monoisotopic (exact) mass is 394 g/mol. The highest BCUT2D eigenvalue weighted by Crippen LogP contribution is 2.25. The van der Waals surface area contributed by atoms with E-state index in [1.165, 1.54) is 11.1 Å². The zero-order valence-corrected chi connectivity index (χ0v) is 18.9. The third kappa shape index (κ3) is 9.08. The summed E-state index contributed by atoms with van der Waals surface area (Å²) in [5.41, 5.74) is 11.1. The molecule has 0 saturated carbocycles. The van der Waals surface area contributed by atoms with Crippen LogP contribution >= 0.6 is 0 Å². The number of ketones is 1. The Morgan fingerprint density at radius 2 is 1.93 bits per heavy atom. The lowest BCUT2D eigenvalue weighted by atomic mass is 9.83. The first-order valence-corrected chi connectivity index (χ1v) is 10.5. The van der Waals surface area contributed by atoms with E-state index in [4.69, 9.17) is 10.7 Å². The predicted molar refractivity (Wildman–Crippen MR) is 126 cm³/mol. The molecule has 1 rings (SSSR count). The van der Waals surface area contributed by atoms with E-state index in [9.17, 15) is 4.79 Å². The molecule has 0 heterocycles. The minimum atomic E-state index is -0.294. The van der Waals surface area contributed by atoms with Crippen molar-refractivity contribution in [3.63, 3.8) is 0 Å². The Hall–Kier alpha value is -2.42. The fraction of sp³-hybridized carbons (Fsp3) is 0.462. The van der Waals surface area contributed by atoms with Crippen molar-refractivity contribution in [2.24, 2.45) is 16.1 Å². The zero-order valence-electron chi connectivity index (χ0n) is 18.9. The zero-order chi connectivity index (χ0) is 21.9. The van der Waals surface area contributed by atoms with Crippen LogP contribution in [0.5, 0.6) is 0 Å². The van der Waals surface area contributed by atoms with Gasteiger partial charge in [-0.2, -0.15) is 0 Å². The Kier molecular flexibility index (Phi) is 10.4. The van der Waals surface area contributed by atoms with Crippen LogP contribution in [0.15, 0.2) is 65.3 Å². The van der Waals surface area contributed by atoms with Gasteiger partial charge in [-0.15, -0.1) is 0 Å². The maximum Gasteiger partial charge on any atom is 0.135 e. The lowest BCUT2D eigenvalue weighted by Gasteiger charge is -2.20. The van der Waals surface area contributed by atoms with Crippen molar-refractivity contribution in [3.05, 3.63) is 71.5 Å². The van der Waals surface area contributed by atoms with Gasteiger partial charge in [0.05, 0.1) is 12.3 Å². The van der Waals surface area contributed by atoms with E-state index in [0.29, 0.717) is 6.54 Å². The highest BCUT2D eigenvalue weighted by atomic mass is 16.1. The van der Waals surface area contributed by atoms with Crippen LogP contribution in [0.2, 0.25) is 0 Å². The molecule has 0 atom stereocenters. The maximum atomic E-state index is 11.7. The van der Waals surface area contributed by atoms with Crippen LogP contribution in [0.1, 0.15) is 70.9 Å². The lowest BCUT2D eigenvalue weighted by molar-refractivity contribution is -0.125. The smallest absolute Gasteiger partial charge is 0.135 e. The standard InChI is InChI=1S/C26H38N2O/c1-7-8-9-14-21(3)25(28-19-23-15-11-10-13-20(23)2)18-24(27)16-12-17-26(5,6)22(4)29/h7-8,10-11,13,15,18H,3,9,12,14,16-17,19,27H2,1-2,4-6H3/b8-7-,24-18?,28-25?. The highest BCUT2D eigenvalue weighted by Gasteiger charge is 2.22. The molecule has 3 nitrogen and oxygen atoms in total. The average molecular weight is 395 g/mol. The van der Waals surface area contributed by atoms with E-state index in [1.807, 2.05) is 39.0 Å². The molecule has 0 fully saturated rings. The number of rotatable bonds is 12. The Morgan fingerprint density at radius 1 is 1.24 bits per heavy atom. The maximum absolute atomic E-state index is 11.7. The normalized spacial score (nSPS) is 13.1. The van der Waals surface area contributed by atoms with Gasteiger partial charge < -0.3 is 5.73 Å². The van der Waals surface area contributed by atoms with Crippen LogP contribution in [-0.4, -0.2) is 11.5 Å². The van der Waals surface area contributed by atoms with Crippen molar-refractivity contribution in [1.29, 1.82) is 0 Å². The summed E-state index contributed by atoms with van der Waals surface area (Å²) in [6.45, 7) is 14.6. The van der Waals surface area contributed by atoms with Gasteiger partial charge >= 0.3 is 0 Å². The summed E-state index contributed by atoms with van der Waals surface area (Å²) in [4.78, 5) is 16.5. The molecule has 0 spiro atoms. The highest BCUT2D eigenvalue weighted by molar-refractivity contribution is 6.08. The number of nitrogens with two attached hydrogens (primary N) is 1. The van der Waals surface area contributed by atoms with Gasteiger partial charge in [-0.1, -0.05) is 56.8 Å². The number of allylic oxidation sites excluding steroid dienone is 5. The third-order valence-corrected chi connectivity index (χ3v) is 5.43. The molecule has 2 N–H and O–H groups in total. The Bertz CT molecular complexity index is 782. The van der Waals surface area contributed by atoms with E-state index < -0.39 is 0 Å². The number of hydrogen-bond acceptors (Lipinski definition) is 3. The number of aliphatic imine (C=N–C) groups is 1. The topological polar surface area (TPSA) is 55.5 Å². The third-order valence-electron chi connectivity index (χ3n) is 5.43. The summed E-state index contributed by atoms with van der Waals surface area (Å²) in [5.74, 6) is 0.220. The summed E-state index contributed by atoms with van der Waals surface area (Å²) in [5, 5.41) is 0. The predicted octanol–water partition coefficient (Wildman–Crippen LogP) is 6.48. The molecular formula is C26H38N2O. The quantitative estimate of drug-likeness (QED) is 0.326. The lowest BCUT2D eigenvalue weighted by Crippen LogP contribution is -2.21. The largest absolute Gasteiger partial charge is 0.402 e. The molecule has 3 heteroatoms. The van der Waals surface area contributed by atoms with Crippen molar-refractivity contribution in [2.75, 3.05) is 0 Å². The van der Waals surface area contributed by atoms with Crippen molar-refractivity contribution >= 4 is 11.5 Å². The van der Waals surface area contributed by atoms with Crippen LogP contribution in [0.25, 0.3) is 0 Å². The van der Waals surface area contributed by atoms with Crippen LogP contribution in [0.4, 0.5) is 0 Å². The second-order valence-electron chi connectivity index (χ2n) is 8.35. The molecular weight excluding hydrogens is 356 g/mol. The second kappa shape index (κ2) is 12.2. The van der Waals surface area contributed by atoms with E-state index in [-0.39, 0.29) is 11.2 Å². The Morgan fingerprint density at radius 3 is 2.55 bits per heavy atom. The van der Waals surface area contributed by atoms with E-state index in [1.54, 1.807) is 6.92 Å². The number of nitrogens with zero attached hydrogens (tertiary/aromatic N) is 1. The number of carbonyl (C=O) groups is 1. The molecule has 1 aromatic rings. The van der Waals surface area contributed by atoms with E-state index in [2.05, 4.69) is 37.8 Å². The number of hydrogen-bond donors (Lipinski definition) is 1. The van der Waals surface area contributed by atoms with Gasteiger partial charge in [0.15, 0.2) is 0 Å². The molecule has 0 aliphatic heterocycles. The number of Topliss-reactive ketones (excluding diaryl/α,β-unsaturated/α-hetero) is 1.